The molecule has 2 amide bonds. The molecular weight excluding hydrogens is 328 g/mol. The van der Waals surface area contributed by atoms with Crippen molar-refractivity contribution < 1.29 is 14.7 Å². The molecule has 1 saturated carbocycles. The van der Waals surface area contributed by atoms with Crippen LogP contribution in [0.25, 0.3) is 0 Å². The third-order valence-corrected chi connectivity index (χ3v) is 6.03. The number of hydrogen-bond donors (Lipinski definition) is 2. The van der Waals surface area contributed by atoms with Gasteiger partial charge in [-0.1, -0.05) is 43.2 Å². The number of piperidine rings is 1. The molecule has 142 valence electrons. The van der Waals surface area contributed by atoms with Gasteiger partial charge in [-0.05, 0) is 43.1 Å². The minimum Gasteiger partial charge on any atom is -0.383 e. The zero-order chi connectivity index (χ0) is 18.5. The Bertz CT molecular complexity index is 605. The lowest BCUT2D eigenvalue weighted by atomic mass is 9.88. The summed E-state index contributed by atoms with van der Waals surface area (Å²) in [4.78, 5) is 26.0. The number of aliphatic hydroxyl groups excluding tert-OH is 1. The van der Waals surface area contributed by atoms with Gasteiger partial charge in [0.25, 0.3) is 0 Å². The topological polar surface area (TPSA) is 69.6 Å². The number of carbonyl (C=O) groups excluding carboxylic acids is 2. The highest BCUT2D eigenvalue weighted by atomic mass is 16.3. The Hall–Kier alpha value is -1.88. The molecule has 5 nitrogen and oxygen atoms in total. The molecule has 1 aliphatic carbocycles. The Balaban J connectivity index is 1.63. The van der Waals surface area contributed by atoms with Gasteiger partial charge in [0.1, 0.15) is 6.10 Å². The number of carbonyl (C=O) groups is 2. The zero-order valence-corrected chi connectivity index (χ0v) is 15.6. The van der Waals surface area contributed by atoms with E-state index in [-0.39, 0.29) is 23.8 Å². The van der Waals surface area contributed by atoms with Gasteiger partial charge in [0, 0.05) is 20.0 Å². The van der Waals surface area contributed by atoms with Crippen LogP contribution in [0.15, 0.2) is 30.3 Å². The second-order valence-electron chi connectivity index (χ2n) is 7.73. The number of rotatable bonds is 5. The van der Waals surface area contributed by atoms with Gasteiger partial charge in [-0.3, -0.25) is 9.59 Å². The van der Waals surface area contributed by atoms with Crippen molar-refractivity contribution in [2.45, 2.75) is 57.6 Å². The van der Waals surface area contributed by atoms with Gasteiger partial charge in [-0.25, -0.2) is 0 Å². The first-order valence-corrected chi connectivity index (χ1v) is 9.85. The largest absolute Gasteiger partial charge is 0.383 e. The van der Waals surface area contributed by atoms with E-state index in [1.807, 2.05) is 18.2 Å². The third-order valence-electron chi connectivity index (χ3n) is 6.03. The first-order valence-electron chi connectivity index (χ1n) is 9.85. The van der Waals surface area contributed by atoms with E-state index in [1.54, 1.807) is 11.8 Å². The van der Waals surface area contributed by atoms with E-state index in [4.69, 9.17) is 0 Å². The summed E-state index contributed by atoms with van der Waals surface area (Å²) in [5.41, 5.74) is 1.12. The molecule has 1 aromatic carbocycles. The molecule has 26 heavy (non-hydrogen) atoms. The van der Waals surface area contributed by atoms with Crippen LogP contribution in [-0.4, -0.2) is 41.0 Å². The first-order chi connectivity index (χ1) is 12.6. The van der Waals surface area contributed by atoms with E-state index in [9.17, 15) is 14.7 Å². The lowest BCUT2D eigenvalue weighted by molar-refractivity contribution is -0.136. The fourth-order valence-corrected chi connectivity index (χ4v) is 4.41. The van der Waals surface area contributed by atoms with Gasteiger partial charge in [0.15, 0.2) is 0 Å². The van der Waals surface area contributed by atoms with Gasteiger partial charge in [-0.2, -0.15) is 0 Å². The van der Waals surface area contributed by atoms with E-state index in [2.05, 4.69) is 17.4 Å². The Kier molecular flexibility index (Phi) is 6.30. The molecule has 0 unspecified atom stereocenters. The number of nitrogens with one attached hydrogen (secondary N) is 1. The Labute approximate surface area is 155 Å². The van der Waals surface area contributed by atoms with Crippen molar-refractivity contribution in [3.8, 4) is 0 Å². The van der Waals surface area contributed by atoms with E-state index < -0.39 is 6.10 Å². The number of benzene rings is 1. The van der Waals surface area contributed by atoms with Crippen LogP contribution in [0.2, 0.25) is 0 Å². The Morgan fingerprint density at radius 2 is 1.65 bits per heavy atom. The highest BCUT2D eigenvalue weighted by molar-refractivity contribution is 5.81. The third kappa shape index (κ3) is 4.44. The minimum atomic E-state index is -1.00. The average molecular weight is 358 g/mol. The maximum absolute atomic E-state index is 12.8. The van der Waals surface area contributed by atoms with Gasteiger partial charge in [-0.15, -0.1) is 0 Å². The van der Waals surface area contributed by atoms with Crippen LogP contribution in [0, 0.1) is 11.8 Å². The molecule has 1 heterocycles. The van der Waals surface area contributed by atoms with Crippen LogP contribution in [0.1, 0.15) is 57.1 Å². The summed E-state index contributed by atoms with van der Waals surface area (Å²) < 4.78 is 0. The normalized spacial score (nSPS) is 21.4. The summed E-state index contributed by atoms with van der Waals surface area (Å²) in [6, 6.07) is 10.1. The lowest BCUT2D eigenvalue weighted by Gasteiger charge is -2.34. The molecule has 1 aliphatic heterocycles. The van der Waals surface area contributed by atoms with E-state index in [0.29, 0.717) is 31.8 Å². The quantitative estimate of drug-likeness (QED) is 0.850. The first kappa shape index (κ1) is 18.9. The maximum Gasteiger partial charge on any atom is 0.249 e. The molecule has 1 saturated heterocycles. The maximum atomic E-state index is 12.8. The average Bonchev–Trinajstić information content (AvgIpc) is 3.20. The molecule has 5 heteroatoms. The molecule has 3 rings (SSSR count). The molecule has 2 atom stereocenters. The van der Waals surface area contributed by atoms with Crippen molar-refractivity contribution in [2.75, 3.05) is 13.1 Å². The van der Waals surface area contributed by atoms with Gasteiger partial charge in [0.05, 0.1) is 6.04 Å². The van der Waals surface area contributed by atoms with Gasteiger partial charge in [0.2, 0.25) is 11.8 Å². The molecule has 0 radical (unpaired) electrons. The molecule has 2 fully saturated rings. The number of aliphatic hydroxyl groups is 1. The highest BCUT2D eigenvalue weighted by Crippen LogP contribution is 2.36. The van der Waals surface area contributed by atoms with Crippen molar-refractivity contribution in [3.63, 3.8) is 0 Å². The second-order valence-corrected chi connectivity index (χ2v) is 7.73. The molecular formula is C21H30N2O3. The molecule has 2 N–H and O–H groups in total. The molecule has 1 aromatic rings. The molecule has 0 spiro atoms. The van der Waals surface area contributed by atoms with Crippen molar-refractivity contribution in [3.05, 3.63) is 35.9 Å². The van der Waals surface area contributed by atoms with Gasteiger partial charge >= 0.3 is 0 Å². The van der Waals surface area contributed by atoms with Crippen molar-refractivity contribution in [1.29, 1.82) is 0 Å². The predicted octanol–water partition coefficient (Wildman–Crippen LogP) is 2.65. The van der Waals surface area contributed by atoms with Crippen LogP contribution in [0.3, 0.4) is 0 Å². The van der Waals surface area contributed by atoms with E-state index in [0.717, 1.165) is 18.4 Å². The minimum absolute atomic E-state index is 0.0295. The van der Waals surface area contributed by atoms with Gasteiger partial charge < -0.3 is 15.3 Å². The fourth-order valence-electron chi connectivity index (χ4n) is 4.41. The summed E-state index contributed by atoms with van der Waals surface area (Å²) in [6.07, 6.45) is 4.99. The van der Waals surface area contributed by atoms with Crippen LogP contribution in [0.4, 0.5) is 0 Å². The van der Waals surface area contributed by atoms with Crippen molar-refractivity contribution in [2.24, 2.45) is 11.8 Å². The summed E-state index contributed by atoms with van der Waals surface area (Å²) in [7, 11) is 0. The number of nitrogens with zero attached hydrogens (tertiary/aromatic N) is 1. The Morgan fingerprint density at radius 3 is 2.23 bits per heavy atom. The molecule has 0 bridgehead atoms. The summed E-state index contributed by atoms with van der Waals surface area (Å²) in [6.45, 7) is 2.81. The molecule has 2 aliphatic rings. The SMILES string of the molecule is CC(=O)N1CCC([C@@H](O)C(=O)N[C@@H](c2ccccc2)C2CCCC2)CC1. The standard InChI is InChI=1S/C21H30N2O3/c1-15(24)23-13-11-18(12-14-23)20(25)21(26)22-19(17-9-5-6-10-17)16-7-3-2-4-8-16/h2-4,7-8,17-20,25H,5-6,9-14H2,1H3,(H,22,26)/t19-,20+/m0/s1. The van der Waals surface area contributed by atoms with Crippen LogP contribution < -0.4 is 5.32 Å². The van der Waals surface area contributed by atoms with Crippen molar-refractivity contribution >= 4 is 11.8 Å². The summed E-state index contributed by atoms with van der Waals surface area (Å²) in [5.74, 6) is 0.151. The lowest BCUT2D eigenvalue weighted by Crippen LogP contribution is -2.47. The highest BCUT2D eigenvalue weighted by Gasteiger charge is 2.34. The summed E-state index contributed by atoms with van der Waals surface area (Å²) >= 11 is 0. The van der Waals surface area contributed by atoms with Crippen LogP contribution >= 0.6 is 0 Å². The fraction of sp³-hybridized carbons (Fsp3) is 0.619. The number of amides is 2. The zero-order valence-electron chi connectivity index (χ0n) is 15.6. The monoisotopic (exact) mass is 358 g/mol. The number of likely N-dealkylation sites (tertiary alicyclic amines) is 1. The predicted molar refractivity (Wildman–Crippen MR) is 100 cm³/mol. The smallest absolute Gasteiger partial charge is 0.249 e. The Morgan fingerprint density at radius 1 is 1.04 bits per heavy atom. The van der Waals surface area contributed by atoms with Crippen LogP contribution in [0.5, 0.6) is 0 Å². The van der Waals surface area contributed by atoms with Crippen molar-refractivity contribution in [1.82, 2.24) is 10.2 Å². The van der Waals surface area contributed by atoms with E-state index in [1.165, 1.54) is 12.8 Å². The number of hydrogen-bond acceptors (Lipinski definition) is 3. The van der Waals surface area contributed by atoms with Crippen LogP contribution in [-0.2, 0) is 9.59 Å². The molecule has 0 aromatic heterocycles. The second kappa shape index (κ2) is 8.67. The van der Waals surface area contributed by atoms with E-state index >= 15 is 0 Å². The summed E-state index contributed by atoms with van der Waals surface area (Å²) in [5, 5.41) is 13.7.